The number of esters is 1. The molecule has 7 heteroatoms. The van der Waals surface area contributed by atoms with Crippen LogP contribution in [-0.2, 0) is 32.1 Å². The van der Waals surface area contributed by atoms with Crippen molar-refractivity contribution in [2.45, 2.75) is 45.2 Å². The van der Waals surface area contributed by atoms with E-state index in [-0.39, 0.29) is 55.9 Å². The molecule has 3 unspecified atom stereocenters. The number of hydrogen-bond donors (Lipinski definition) is 2. The predicted molar refractivity (Wildman–Crippen MR) is 138 cm³/mol. The highest BCUT2D eigenvalue weighted by Gasteiger charge is 2.27. The van der Waals surface area contributed by atoms with Crippen molar-refractivity contribution in [3.8, 4) is 0 Å². The normalized spacial score (nSPS) is 21.0. The van der Waals surface area contributed by atoms with Crippen LogP contribution in [0.4, 0.5) is 0 Å². The van der Waals surface area contributed by atoms with Crippen molar-refractivity contribution in [2.24, 2.45) is 11.8 Å². The third-order valence-corrected chi connectivity index (χ3v) is 6.26. The van der Waals surface area contributed by atoms with Gasteiger partial charge in [0, 0.05) is 19.5 Å². The molecule has 2 amide bonds. The van der Waals surface area contributed by atoms with Gasteiger partial charge in [-0.3, -0.25) is 14.4 Å². The van der Waals surface area contributed by atoms with Crippen LogP contribution >= 0.6 is 0 Å². The Bertz CT molecular complexity index is 1010. The summed E-state index contributed by atoms with van der Waals surface area (Å²) < 4.78 is 5.52. The lowest BCUT2D eigenvalue weighted by Gasteiger charge is -2.25. The van der Waals surface area contributed by atoms with Gasteiger partial charge in [-0.05, 0) is 37.3 Å². The number of aliphatic hydroxyl groups excluding tert-OH is 1. The molecular weight excluding hydrogens is 456 g/mol. The Balaban J connectivity index is 1.70. The topological polar surface area (TPSA) is 95.9 Å². The van der Waals surface area contributed by atoms with Gasteiger partial charge in [-0.25, -0.2) is 0 Å². The second-order valence-electron chi connectivity index (χ2n) is 9.29. The number of rotatable bonds is 8. The minimum atomic E-state index is -0.559. The van der Waals surface area contributed by atoms with E-state index in [9.17, 15) is 19.5 Å². The van der Waals surface area contributed by atoms with Crippen molar-refractivity contribution >= 4 is 17.8 Å². The molecule has 0 saturated heterocycles. The average Bonchev–Trinajstić information content (AvgIpc) is 2.88. The van der Waals surface area contributed by atoms with Crippen LogP contribution in [0.15, 0.2) is 72.8 Å². The number of amides is 2. The Morgan fingerprint density at radius 2 is 1.58 bits per heavy atom. The molecule has 36 heavy (non-hydrogen) atoms. The molecule has 2 aromatic rings. The maximum absolute atomic E-state index is 13.1. The highest BCUT2D eigenvalue weighted by Crippen LogP contribution is 2.19. The van der Waals surface area contributed by atoms with Crippen LogP contribution in [0.1, 0.15) is 37.3 Å². The van der Waals surface area contributed by atoms with Crippen LogP contribution in [0.25, 0.3) is 0 Å². The standard InChI is InChI=1S/C29H36N2O5/c1-22-21-36-29(35)26(18-23-10-4-2-5-11-23)15-9-8-14-25(28(34)30-22)19-27(33)31(16-17-32)20-24-12-6-3-7-13-24/h2-13,22,25-26,32H,14-21H2,1H3,(H,30,34). The number of nitrogens with one attached hydrogen (secondary N) is 1. The van der Waals surface area contributed by atoms with Crippen LogP contribution in [0.3, 0.4) is 0 Å². The molecular formula is C29H36N2O5. The van der Waals surface area contributed by atoms with Crippen molar-refractivity contribution in [2.75, 3.05) is 19.8 Å². The third-order valence-electron chi connectivity index (χ3n) is 6.26. The summed E-state index contributed by atoms with van der Waals surface area (Å²) in [7, 11) is 0. The molecule has 0 fully saturated rings. The highest BCUT2D eigenvalue weighted by atomic mass is 16.5. The van der Waals surface area contributed by atoms with Gasteiger partial charge < -0.3 is 20.1 Å². The SMILES string of the molecule is CC1COC(=O)C(Cc2ccccc2)CC=CCC(CC(=O)N(CCO)Cc2ccccc2)C(=O)N1. The molecule has 0 aromatic heterocycles. The molecule has 7 nitrogen and oxygen atoms in total. The van der Waals surface area contributed by atoms with E-state index < -0.39 is 5.92 Å². The lowest BCUT2D eigenvalue weighted by molar-refractivity contribution is -0.149. The minimum Gasteiger partial charge on any atom is -0.463 e. The molecule has 0 spiro atoms. The summed E-state index contributed by atoms with van der Waals surface area (Å²) in [6.45, 7) is 2.28. The molecule has 3 atom stereocenters. The Morgan fingerprint density at radius 3 is 2.22 bits per heavy atom. The second kappa shape index (κ2) is 14.2. The predicted octanol–water partition coefficient (Wildman–Crippen LogP) is 3.27. The summed E-state index contributed by atoms with van der Waals surface area (Å²) in [5, 5.41) is 12.4. The van der Waals surface area contributed by atoms with Crippen molar-refractivity contribution in [3.63, 3.8) is 0 Å². The number of hydrogen-bond acceptors (Lipinski definition) is 5. The first-order valence-electron chi connectivity index (χ1n) is 12.5. The van der Waals surface area contributed by atoms with E-state index in [0.717, 1.165) is 11.1 Å². The molecule has 0 aliphatic carbocycles. The number of allylic oxidation sites excluding steroid dienone is 2. The molecule has 0 radical (unpaired) electrons. The van der Waals surface area contributed by atoms with E-state index >= 15 is 0 Å². The maximum Gasteiger partial charge on any atom is 0.309 e. The number of benzene rings is 2. The summed E-state index contributed by atoms with van der Waals surface area (Å²) in [5.41, 5.74) is 2.02. The number of carbonyl (C=O) groups excluding carboxylic acids is 3. The third kappa shape index (κ3) is 8.64. The monoisotopic (exact) mass is 492 g/mol. The zero-order chi connectivity index (χ0) is 25.8. The number of nitrogens with zero attached hydrogens (tertiary/aromatic N) is 1. The van der Waals surface area contributed by atoms with Crippen LogP contribution in [-0.4, -0.2) is 53.6 Å². The van der Waals surface area contributed by atoms with Gasteiger partial charge in [0.05, 0.1) is 24.5 Å². The zero-order valence-electron chi connectivity index (χ0n) is 20.8. The molecule has 1 aliphatic heterocycles. The smallest absolute Gasteiger partial charge is 0.309 e. The quantitative estimate of drug-likeness (QED) is 0.436. The van der Waals surface area contributed by atoms with Crippen molar-refractivity contribution in [1.29, 1.82) is 0 Å². The molecule has 1 heterocycles. The van der Waals surface area contributed by atoms with E-state index in [2.05, 4.69) is 5.32 Å². The molecule has 0 bridgehead atoms. The van der Waals surface area contributed by atoms with Crippen molar-refractivity contribution in [1.82, 2.24) is 10.2 Å². The lowest BCUT2D eigenvalue weighted by Crippen LogP contribution is -2.43. The van der Waals surface area contributed by atoms with E-state index in [1.807, 2.05) is 72.8 Å². The fourth-order valence-electron chi connectivity index (χ4n) is 4.25. The molecule has 192 valence electrons. The highest BCUT2D eigenvalue weighted by molar-refractivity contribution is 5.86. The van der Waals surface area contributed by atoms with Crippen LogP contribution in [0.2, 0.25) is 0 Å². The summed E-state index contributed by atoms with van der Waals surface area (Å²) >= 11 is 0. The molecule has 3 rings (SSSR count). The summed E-state index contributed by atoms with van der Waals surface area (Å²) in [4.78, 5) is 40.4. The largest absolute Gasteiger partial charge is 0.463 e. The molecule has 1 aliphatic rings. The van der Waals surface area contributed by atoms with Gasteiger partial charge in [-0.15, -0.1) is 0 Å². The van der Waals surface area contributed by atoms with Crippen LogP contribution in [0, 0.1) is 11.8 Å². The summed E-state index contributed by atoms with van der Waals surface area (Å²) in [5.74, 6) is -1.60. The fraction of sp³-hybridized carbons (Fsp3) is 0.414. The zero-order valence-corrected chi connectivity index (χ0v) is 20.8. The van der Waals surface area contributed by atoms with Crippen molar-refractivity contribution in [3.05, 3.63) is 83.9 Å². The maximum atomic E-state index is 13.1. The lowest BCUT2D eigenvalue weighted by atomic mass is 9.94. The van der Waals surface area contributed by atoms with E-state index in [1.165, 1.54) is 0 Å². The fourth-order valence-corrected chi connectivity index (χ4v) is 4.25. The van der Waals surface area contributed by atoms with Gasteiger partial charge in [0.1, 0.15) is 6.61 Å². The molecule has 2 aromatic carbocycles. The minimum absolute atomic E-state index is 0.0307. The number of carbonyl (C=O) groups is 3. The first-order chi connectivity index (χ1) is 17.5. The molecule has 2 N–H and O–H groups in total. The Kier molecular flexibility index (Phi) is 10.7. The molecule has 0 saturated carbocycles. The van der Waals surface area contributed by atoms with E-state index in [4.69, 9.17) is 4.74 Å². The summed E-state index contributed by atoms with van der Waals surface area (Å²) in [6, 6.07) is 19.0. The van der Waals surface area contributed by atoms with Gasteiger partial charge in [-0.1, -0.05) is 72.8 Å². The average molecular weight is 493 g/mol. The van der Waals surface area contributed by atoms with Gasteiger partial charge in [0.2, 0.25) is 11.8 Å². The first-order valence-corrected chi connectivity index (χ1v) is 12.5. The van der Waals surface area contributed by atoms with Gasteiger partial charge in [0.25, 0.3) is 0 Å². The number of ether oxygens (including phenoxy) is 1. The van der Waals surface area contributed by atoms with Gasteiger partial charge in [-0.2, -0.15) is 0 Å². The van der Waals surface area contributed by atoms with E-state index in [0.29, 0.717) is 25.8 Å². The number of cyclic esters (lactones) is 1. The summed E-state index contributed by atoms with van der Waals surface area (Å²) in [6.07, 6.45) is 5.26. The van der Waals surface area contributed by atoms with E-state index in [1.54, 1.807) is 11.8 Å². The Labute approximate surface area is 213 Å². The van der Waals surface area contributed by atoms with Crippen molar-refractivity contribution < 1.29 is 24.2 Å². The van der Waals surface area contributed by atoms with Gasteiger partial charge in [0.15, 0.2) is 0 Å². The Morgan fingerprint density at radius 1 is 0.972 bits per heavy atom. The second-order valence-corrected chi connectivity index (χ2v) is 9.29. The Hall–Kier alpha value is -3.45. The van der Waals surface area contributed by atoms with Crippen LogP contribution < -0.4 is 5.32 Å². The van der Waals surface area contributed by atoms with Crippen LogP contribution in [0.5, 0.6) is 0 Å². The van der Waals surface area contributed by atoms with Gasteiger partial charge >= 0.3 is 5.97 Å². The number of aliphatic hydroxyl groups is 1. The first kappa shape index (κ1) is 27.1.